The van der Waals surface area contributed by atoms with Crippen LogP contribution in [0, 0.1) is 18.2 Å². The van der Waals surface area contributed by atoms with Gasteiger partial charge in [-0.05, 0) is 54.2 Å². The summed E-state index contributed by atoms with van der Waals surface area (Å²) < 4.78 is 13.5. The molecule has 0 bridgehead atoms. The first kappa shape index (κ1) is 21.8. The van der Waals surface area contributed by atoms with E-state index in [0.29, 0.717) is 24.9 Å². The van der Waals surface area contributed by atoms with Crippen molar-refractivity contribution >= 4 is 11.8 Å². The van der Waals surface area contributed by atoms with Gasteiger partial charge in [0.2, 0.25) is 11.8 Å². The Morgan fingerprint density at radius 1 is 1.03 bits per heavy atom. The van der Waals surface area contributed by atoms with E-state index in [1.807, 2.05) is 24.3 Å². The van der Waals surface area contributed by atoms with Crippen LogP contribution in [-0.2, 0) is 22.4 Å². The molecule has 1 atom stereocenters. The first-order valence-corrected chi connectivity index (χ1v) is 10.8. The van der Waals surface area contributed by atoms with E-state index in [9.17, 15) is 14.0 Å². The van der Waals surface area contributed by atoms with E-state index in [4.69, 9.17) is 5.73 Å². The van der Waals surface area contributed by atoms with Crippen molar-refractivity contribution in [1.82, 2.24) is 4.90 Å². The molecule has 1 fully saturated rings. The molecule has 4 rings (SSSR count). The number of likely N-dealkylation sites (tertiary alicyclic amines) is 1. The van der Waals surface area contributed by atoms with Gasteiger partial charge in [0, 0.05) is 13.1 Å². The lowest BCUT2D eigenvalue weighted by molar-refractivity contribution is -0.131. The Balaban J connectivity index is 1.56. The molecule has 3 aromatic carbocycles. The van der Waals surface area contributed by atoms with Gasteiger partial charge < -0.3 is 10.6 Å². The lowest BCUT2D eigenvalue weighted by Crippen LogP contribution is -2.42. The minimum atomic E-state index is -0.822. The summed E-state index contributed by atoms with van der Waals surface area (Å²) in [7, 11) is 0. The maximum Gasteiger partial charge on any atom is 0.227 e. The zero-order chi connectivity index (χ0) is 22.7. The van der Waals surface area contributed by atoms with Gasteiger partial charge >= 0.3 is 0 Å². The van der Waals surface area contributed by atoms with E-state index >= 15 is 0 Å². The SMILES string of the molecule is Cc1cccc(-c2ccccc2C[C@@]2(C(N)=O)CCN(C(=O)Cc3cccc(F)c3)C2)c1. The van der Waals surface area contributed by atoms with Gasteiger partial charge in [-0.15, -0.1) is 0 Å². The van der Waals surface area contributed by atoms with Crippen molar-refractivity contribution in [3.8, 4) is 11.1 Å². The number of halogens is 1. The molecule has 4 nitrogen and oxygen atoms in total. The number of rotatable bonds is 6. The molecule has 3 aromatic rings. The van der Waals surface area contributed by atoms with Gasteiger partial charge in [0.15, 0.2) is 0 Å². The maximum absolute atomic E-state index is 13.5. The fourth-order valence-electron chi connectivity index (χ4n) is 4.58. The topological polar surface area (TPSA) is 63.4 Å². The fourth-order valence-corrected chi connectivity index (χ4v) is 4.58. The Labute approximate surface area is 187 Å². The largest absolute Gasteiger partial charge is 0.369 e. The molecule has 2 amide bonds. The molecule has 0 saturated carbocycles. The second-order valence-electron chi connectivity index (χ2n) is 8.72. The molecule has 0 spiro atoms. The first-order chi connectivity index (χ1) is 15.4. The van der Waals surface area contributed by atoms with Crippen molar-refractivity contribution in [3.63, 3.8) is 0 Å². The minimum Gasteiger partial charge on any atom is -0.369 e. The summed E-state index contributed by atoms with van der Waals surface area (Å²) in [6, 6.07) is 22.3. The molecule has 2 N–H and O–H groups in total. The van der Waals surface area contributed by atoms with Crippen molar-refractivity contribution in [3.05, 3.63) is 95.3 Å². The van der Waals surface area contributed by atoms with Gasteiger partial charge in [0.05, 0.1) is 11.8 Å². The lowest BCUT2D eigenvalue weighted by Gasteiger charge is -2.27. The van der Waals surface area contributed by atoms with Crippen LogP contribution in [0.25, 0.3) is 11.1 Å². The second-order valence-corrected chi connectivity index (χ2v) is 8.72. The van der Waals surface area contributed by atoms with Crippen LogP contribution in [0.3, 0.4) is 0 Å². The number of benzene rings is 3. The molecule has 1 aliphatic heterocycles. The van der Waals surface area contributed by atoms with Crippen molar-refractivity contribution < 1.29 is 14.0 Å². The number of carbonyl (C=O) groups excluding carboxylic acids is 2. The minimum absolute atomic E-state index is 0.104. The van der Waals surface area contributed by atoms with E-state index in [1.54, 1.807) is 17.0 Å². The third kappa shape index (κ3) is 4.57. The average molecular weight is 431 g/mol. The molecular weight excluding hydrogens is 403 g/mol. The molecule has 1 aliphatic rings. The fraction of sp³-hybridized carbons (Fsp3) is 0.259. The standard InChI is InChI=1S/C27H27FN2O2/c1-19-6-4-9-21(14-19)24-11-3-2-8-22(24)17-27(26(29)32)12-13-30(18-27)25(31)16-20-7-5-10-23(28)15-20/h2-11,14-15H,12-13,16-18H2,1H3,(H2,29,32)/t27-/m0/s1. The summed E-state index contributed by atoms with van der Waals surface area (Å²) in [5, 5.41) is 0. The third-order valence-electron chi connectivity index (χ3n) is 6.35. The maximum atomic E-state index is 13.5. The van der Waals surface area contributed by atoms with E-state index in [-0.39, 0.29) is 24.7 Å². The average Bonchev–Trinajstić information content (AvgIpc) is 3.20. The molecule has 164 valence electrons. The van der Waals surface area contributed by atoms with Crippen LogP contribution >= 0.6 is 0 Å². The Morgan fingerprint density at radius 2 is 1.81 bits per heavy atom. The molecule has 0 radical (unpaired) electrons. The number of nitrogens with zero attached hydrogens (tertiary/aromatic N) is 1. The Bertz CT molecular complexity index is 1160. The zero-order valence-electron chi connectivity index (χ0n) is 18.2. The summed E-state index contributed by atoms with van der Waals surface area (Å²) in [5.74, 6) is -0.876. The lowest BCUT2D eigenvalue weighted by atomic mass is 9.78. The van der Waals surface area contributed by atoms with E-state index < -0.39 is 11.3 Å². The predicted molar refractivity (Wildman–Crippen MR) is 123 cm³/mol. The highest BCUT2D eigenvalue weighted by atomic mass is 19.1. The van der Waals surface area contributed by atoms with E-state index in [1.165, 1.54) is 12.1 Å². The molecule has 0 aliphatic carbocycles. The number of amides is 2. The monoisotopic (exact) mass is 430 g/mol. The number of primary amides is 1. The number of carbonyl (C=O) groups is 2. The molecule has 0 unspecified atom stereocenters. The highest BCUT2D eigenvalue weighted by Crippen LogP contribution is 2.37. The number of hydrogen-bond acceptors (Lipinski definition) is 2. The smallest absolute Gasteiger partial charge is 0.227 e. The molecule has 0 aromatic heterocycles. The Morgan fingerprint density at radius 3 is 2.56 bits per heavy atom. The first-order valence-electron chi connectivity index (χ1n) is 10.8. The molecule has 1 heterocycles. The van der Waals surface area contributed by atoms with E-state index in [0.717, 1.165) is 22.3 Å². The highest BCUT2D eigenvalue weighted by molar-refractivity contribution is 5.85. The molecule has 1 saturated heterocycles. The quantitative estimate of drug-likeness (QED) is 0.634. The Kier molecular flexibility index (Phi) is 6.08. The highest BCUT2D eigenvalue weighted by Gasteiger charge is 2.45. The van der Waals surface area contributed by atoms with Crippen LogP contribution in [0.2, 0.25) is 0 Å². The second kappa shape index (κ2) is 8.95. The van der Waals surface area contributed by atoms with Gasteiger partial charge in [-0.25, -0.2) is 4.39 Å². The van der Waals surface area contributed by atoms with Gasteiger partial charge in [0.25, 0.3) is 0 Å². The molecule has 5 heteroatoms. The third-order valence-corrected chi connectivity index (χ3v) is 6.35. The number of hydrogen-bond donors (Lipinski definition) is 1. The number of aryl methyl sites for hydroxylation is 1. The van der Waals surface area contributed by atoms with Crippen molar-refractivity contribution in [1.29, 1.82) is 0 Å². The van der Waals surface area contributed by atoms with Crippen molar-refractivity contribution in [2.24, 2.45) is 11.1 Å². The summed E-state index contributed by atoms with van der Waals surface area (Å²) in [5.41, 5.74) is 10.1. The van der Waals surface area contributed by atoms with Crippen LogP contribution in [0.5, 0.6) is 0 Å². The van der Waals surface area contributed by atoms with Crippen LogP contribution in [-0.4, -0.2) is 29.8 Å². The van der Waals surface area contributed by atoms with Crippen LogP contribution in [0.15, 0.2) is 72.8 Å². The van der Waals surface area contributed by atoms with E-state index in [2.05, 4.69) is 31.2 Å². The zero-order valence-corrected chi connectivity index (χ0v) is 18.2. The van der Waals surface area contributed by atoms with Crippen molar-refractivity contribution in [2.75, 3.05) is 13.1 Å². The van der Waals surface area contributed by atoms with Gasteiger partial charge in [0.1, 0.15) is 5.82 Å². The summed E-state index contributed by atoms with van der Waals surface area (Å²) in [6.07, 6.45) is 1.09. The molecule has 32 heavy (non-hydrogen) atoms. The predicted octanol–water partition coefficient (Wildman–Crippen LogP) is 4.29. The van der Waals surface area contributed by atoms with Gasteiger partial charge in [-0.1, -0.05) is 66.2 Å². The number of nitrogens with two attached hydrogens (primary N) is 1. The van der Waals surface area contributed by atoms with Crippen LogP contribution in [0.4, 0.5) is 4.39 Å². The van der Waals surface area contributed by atoms with Crippen LogP contribution < -0.4 is 5.73 Å². The Hall–Kier alpha value is -3.47. The van der Waals surface area contributed by atoms with Gasteiger partial charge in [-0.3, -0.25) is 9.59 Å². The molecular formula is C27H27FN2O2. The van der Waals surface area contributed by atoms with Crippen molar-refractivity contribution in [2.45, 2.75) is 26.2 Å². The summed E-state index contributed by atoms with van der Waals surface area (Å²) >= 11 is 0. The van der Waals surface area contributed by atoms with Crippen LogP contribution in [0.1, 0.15) is 23.1 Å². The summed E-state index contributed by atoms with van der Waals surface area (Å²) in [6.45, 7) is 2.79. The summed E-state index contributed by atoms with van der Waals surface area (Å²) in [4.78, 5) is 27.2. The normalized spacial score (nSPS) is 18.0. The van der Waals surface area contributed by atoms with Gasteiger partial charge in [-0.2, -0.15) is 0 Å².